The zero-order valence-electron chi connectivity index (χ0n) is 23.1. The van der Waals surface area contributed by atoms with Gasteiger partial charge in [-0.2, -0.15) is 13.2 Å². The molecular formula is C28H27F7N6O2. The summed E-state index contributed by atoms with van der Waals surface area (Å²) < 4.78 is 91.0. The highest BCUT2D eigenvalue weighted by atomic mass is 19.4. The molecule has 15 heteroatoms. The average Bonchev–Trinajstić information content (AvgIpc) is 3.35. The lowest BCUT2D eigenvalue weighted by Crippen LogP contribution is -2.34. The van der Waals surface area contributed by atoms with Crippen molar-refractivity contribution in [2.24, 2.45) is 5.73 Å². The standard InChI is InChI=1S/C26H19F6N5O2.CH3F.CH5N/c1-14-34-25(26(30,31)32)36-37(14)12-23(39)35-22(9-15-7-18(27)11-19(28)8-15)24-20(3-2-6-33-24)16-4-5-21(29)17(10-16)13-38;2*1-2/h2-8,10-11,13,22H,9,12H2,1H3,(H,35,39);1H3;2H2,1H3. The zero-order valence-corrected chi connectivity index (χ0v) is 23.1. The molecule has 230 valence electrons. The third kappa shape index (κ3) is 9.16. The number of hydrogen-bond acceptors (Lipinski definition) is 6. The van der Waals surface area contributed by atoms with Crippen molar-refractivity contribution in [3.63, 3.8) is 0 Å². The van der Waals surface area contributed by atoms with Crippen molar-refractivity contribution in [3.05, 3.63) is 101 Å². The monoisotopic (exact) mass is 612 g/mol. The van der Waals surface area contributed by atoms with E-state index in [9.17, 15) is 40.3 Å². The summed E-state index contributed by atoms with van der Waals surface area (Å²) >= 11 is 0. The Labute approximate surface area is 241 Å². The first-order chi connectivity index (χ1) is 20.4. The van der Waals surface area contributed by atoms with Gasteiger partial charge in [0.05, 0.1) is 24.5 Å². The molecule has 1 atom stereocenters. The van der Waals surface area contributed by atoms with E-state index < -0.39 is 47.9 Å². The first-order valence-electron chi connectivity index (χ1n) is 12.3. The van der Waals surface area contributed by atoms with Crippen LogP contribution in [0.2, 0.25) is 0 Å². The number of rotatable bonds is 8. The predicted molar refractivity (Wildman–Crippen MR) is 143 cm³/mol. The van der Waals surface area contributed by atoms with Crippen LogP contribution in [0.3, 0.4) is 0 Å². The molecule has 1 unspecified atom stereocenters. The molecule has 0 saturated carbocycles. The van der Waals surface area contributed by atoms with E-state index >= 15 is 0 Å². The van der Waals surface area contributed by atoms with Crippen molar-refractivity contribution >= 4 is 12.2 Å². The lowest BCUT2D eigenvalue weighted by atomic mass is 9.94. The van der Waals surface area contributed by atoms with Gasteiger partial charge in [0.2, 0.25) is 5.91 Å². The second-order valence-corrected chi connectivity index (χ2v) is 8.53. The van der Waals surface area contributed by atoms with E-state index in [2.05, 4.69) is 26.1 Å². The molecule has 2 aromatic carbocycles. The van der Waals surface area contributed by atoms with Gasteiger partial charge in [0, 0.05) is 17.8 Å². The van der Waals surface area contributed by atoms with Gasteiger partial charge < -0.3 is 11.1 Å². The van der Waals surface area contributed by atoms with Gasteiger partial charge in [0.15, 0.2) is 6.29 Å². The number of aromatic nitrogens is 4. The summed E-state index contributed by atoms with van der Waals surface area (Å²) in [6.45, 7) is 0.607. The molecule has 1 amide bonds. The molecule has 2 heterocycles. The predicted octanol–water partition coefficient (Wildman–Crippen LogP) is 5.16. The van der Waals surface area contributed by atoms with E-state index in [0.717, 1.165) is 22.9 Å². The first kappa shape index (κ1) is 34.5. The molecular weight excluding hydrogens is 585 g/mol. The normalized spacial score (nSPS) is 11.4. The fourth-order valence-corrected chi connectivity index (χ4v) is 3.99. The van der Waals surface area contributed by atoms with E-state index in [1.54, 1.807) is 12.1 Å². The number of nitrogens with one attached hydrogen (secondary N) is 1. The number of halogens is 7. The Balaban J connectivity index is 0.00000155. The van der Waals surface area contributed by atoms with Crippen molar-refractivity contribution in [1.82, 2.24) is 25.1 Å². The smallest absolute Gasteiger partial charge is 0.346 e. The van der Waals surface area contributed by atoms with Crippen molar-refractivity contribution in [2.75, 3.05) is 14.2 Å². The highest BCUT2D eigenvalue weighted by Crippen LogP contribution is 2.30. The Hall–Kier alpha value is -4.66. The van der Waals surface area contributed by atoms with Crippen LogP contribution in [0.25, 0.3) is 11.1 Å². The number of hydrogen-bond donors (Lipinski definition) is 2. The third-order valence-electron chi connectivity index (χ3n) is 5.70. The van der Waals surface area contributed by atoms with Crippen LogP contribution >= 0.6 is 0 Å². The van der Waals surface area contributed by atoms with Gasteiger partial charge in [-0.1, -0.05) is 12.1 Å². The molecule has 2 aromatic heterocycles. The number of amides is 1. The highest BCUT2D eigenvalue weighted by Gasteiger charge is 2.37. The van der Waals surface area contributed by atoms with Crippen LogP contribution < -0.4 is 11.1 Å². The van der Waals surface area contributed by atoms with Crippen molar-refractivity contribution in [3.8, 4) is 11.1 Å². The van der Waals surface area contributed by atoms with Gasteiger partial charge in [-0.05, 0) is 61.9 Å². The molecule has 3 N–H and O–H groups in total. The van der Waals surface area contributed by atoms with Gasteiger partial charge in [0.1, 0.15) is 29.8 Å². The van der Waals surface area contributed by atoms with Crippen LogP contribution in [0.5, 0.6) is 0 Å². The third-order valence-corrected chi connectivity index (χ3v) is 5.70. The summed E-state index contributed by atoms with van der Waals surface area (Å²) in [7, 11) is 2.00. The van der Waals surface area contributed by atoms with Crippen molar-refractivity contribution < 1.29 is 40.3 Å². The molecule has 0 fully saturated rings. The number of carbonyl (C=O) groups is 2. The van der Waals surface area contributed by atoms with Gasteiger partial charge in [-0.15, -0.1) is 5.10 Å². The summed E-state index contributed by atoms with van der Waals surface area (Å²) in [5.41, 5.74) is 5.37. The number of aldehydes is 1. The average molecular weight is 613 g/mol. The molecule has 4 aromatic rings. The topological polar surface area (TPSA) is 116 Å². The number of alkyl halides is 4. The summed E-state index contributed by atoms with van der Waals surface area (Å²) in [5.74, 6) is -4.82. The summed E-state index contributed by atoms with van der Waals surface area (Å²) in [6.07, 6.45) is -3.25. The number of pyridine rings is 1. The van der Waals surface area contributed by atoms with Crippen molar-refractivity contribution in [2.45, 2.75) is 32.1 Å². The van der Waals surface area contributed by atoms with Crippen LogP contribution in [-0.2, 0) is 23.9 Å². The minimum atomic E-state index is -4.81. The number of nitrogens with two attached hydrogens (primary N) is 1. The molecule has 0 aliphatic rings. The number of nitrogens with zero attached hydrogens (tertiary/aromatic N) is 4. The lowest BCUT2D eigenvalue weighted by molar-refractivity contribution is -0.145. The van der Waals surface area contributed by atoms with E-state index in [1.165, 1.54) is 32.3 Å². The number of benzene rings is 2. The molecule has 0 aliphatic heterocycles. The summed E-state index contributed by atoms with van der Waals surface area (Å²) in [6, 6.07) is 8.64. The number of aryl methyl sites for hydroxylation is 1. The Bertz CT molecular complexity index is 1520. The second kappa shape index (κ2) is 15.5. The SMILES string of the molecule is CF.CN.Cc1nc(C(F)(F)F)nn1CC(=O)NC(Cc1cc(F)cc(F)c1)c1ncccc1-c1ccc(F)c(C=O)c1. The Kier molecular flexibility index (Phi) is 12.5. The maximum Gasteiger partial charge on any atom is 0.453 e. The molecule has 0 bridgehead atoms. The Morgan fingerprint density at radius 2 is 1.70 bits per heavy atom. The van der Waals surface area contributed by atoms with E-state index in [4.69, 9.17) is 0 Å². The van der Waals surface area contributed by atoms with Crippen LogP contribution in [0, 0.1) is 24.4 Å². The minimum absolute atomic E-state index is 0.151. The molecule has 0 radical (unpaired) electrons. The van der Waals surface area contributed by atoms with E-state index in [-0.39, 0.29) is 29.1 Å². The maximum atomic E-state index is 13.9. The van der Waals surface area contributed by atoms with Crippen molar-refractivity contribution in [1.29, 1.82) is 0 Å². The van der Waals surface area contributed by atoms with Gasteiger partial charge >= 0.3 is 6.18 Å². The lowest BCUT2D eigenvalue weighted by Gasteiger charge is -2.22. The van der Waals surface area contributed by atoms with Crippen LogP contribution in [0.4, 0.5) is 30.7 Å². The van der Waals surface area contributed by atoms with Crippen LogP contribution in [-0.4, -0.2) is 46.2 Å². The second-order valence-electron chi connectivity index (χ2n) is 8.53. The quantitative estimate of drug-likeness (QED) is 0.210. The van der Waals surface area contributed by atoms with Gasteiger partial charge in [-0.25, -0.2) is 22.8 Å². The highest BCUT2D eigenvalue weighted by molar-refractivity contribution is 5.80. The van der Waals surface area contributed by atoms with E-state index in [1.807, 2.05) is 0 Å². The van der Waals surface area contributed by atoms with Gasteiger partial charge in [0.25, 0.3) is 5.82 Å². The van der Waals surface area contributed by atoms with Crippen LogP contribution in [0.1, 0.15) is 39.3 Å². The van der Waals surface area contributed by atoms with E-state index in [0.29, 0.717) is 30.7 Å². The first-order valence-corrected chi connectivity index (χ1v) is 12.3. The van der Waals surface area contributed by atoms with Gasteiger partial charge in [-0.3, -0.25) is 19.0 Å². The fraction of sp³-hybridized carbons (Fsp3) is 0.250. The summed E-state index contributed by atoms with van der Waals surface area (Å²) in [5, 5.41) is 5.97. The minimum Gasteiger partial charge on any atom is -0.346 e. The fourth-order valence-electron chi connectivity index (χ4n) is 3.99. The Morgan fingerprint density at radius 3 is 2.28 bits per heavy atom. The molecule has 0 spiro atoms. The largest absolute Gasteiger partial charge is 0.453 e. The maximum absolute atomic E-state index is 13.9. The molecule has 4 rings (SSSR count). The summed E-state index contributed by atoms with van der Waals surface area (Å²) in [4.78, 5) is 31.9. The zero-order chi connectivity index (χ0) is 32.3. The molecule has 8 nitrogen and oxygen atoms in total. The number of carbonyl (C=O) groups excluding carboxylic acids is 2. The van der Waals surface area contributed by atoms with Crippen LogP contribution in [0.15, 0.2) is 54.7 Å². The molecule has 0 saturated heterocycles. The molecule has 43 heavy (non-hydrogen) atoms. The Morgan fingerprint density at radius 1 is 1.05 bits per heavy atom. The molecule has 0 aliphatic carbocycles.